The van der Waals surface area contributed by atoms with Crippen molar-refractivity contribution in [1.82, 2.24) is 15.3 Å². The van der Waals surface area contributed by atoms with Crippen molar-refractivity contribution in [3.8, 4) is 0 Å². The maximum Gasteiger partial charge on any atom is 0.266 e. The van der Waals surface area contributed by atoms with Gasteiger partial charge in [-0.1, -0.05) is 25.1 Å². The number of hydrogen-bond donors (Lipinski definition) is 2. The summed E-state index contributed by atoms with van der Waals surface area (Å²) >= 11 is 6.18. The molecule has 4 atom stereocenters. The lowest BCUT2D eigenvalue weighted by atomic mass is 9.86. The normalized spacial score (nSPS) is 23.1. The summed E-state index contributed by atoms with van der Waals surface area (Å²) in [6, 6.07) is 3.40. The third kappa shape index (κ3) is 6.38. The van der Waals surface area contributed by atoms with Gasteiger partial charge in [-0.05, 0) is 82.0 Å². The van der Waals surface area contributed by atoms with Crippen LogP contribution in [-0.2, 0) is 17.6 Å². The number of rotatable bonds is 8. The number of alkyl halides is 2. The van der Waals surface area contributed by atoms with Gasteiger partial charge in [-0.2, -0.15) is 0 Å². The maximum atomic E-state index is 14.7. The Balaban J connectivity index is 1.40. The largest absolute Gasteiger partial charge is 0.363 e. The summed E-state index contributed by atoms with van der Waals surface area (Å²) in [5, 5.41) is 6.68. The molecule has 3 unspecified atom stereocenters. The molecule has 9 heteroatoms. The van der Waals surface area contributed by atoms with Crippen molar-refractivity contribution in [2.75, 3.05) is 18.4 Å². The van der Waals surface area contributed by atoms with Gasteiger partial charge in [0.25, 0.3) is 6.43 Å². The molecular formula is C27H34ClF3N4O. The van der Waals surface area contributed by atoms with Gasteiger partial charge < -0.3 is 10.6 Å². The number of Topliss-reactive ketones (excluding diaryl/α,β-unsaturated/α-hetero) is 1. The van der Waals surface area contributed by atoms with Gasteiger partial charge in [-0.25, -0.2) is 23.1 Å². The Morgan fingerprint density at radius 3 is 2.75 bits per heavy atom. The Hall–Kier alpha value is -2.19. The molecule has 0 radical (unpaired) electrons. The monoisotopic (exact) mass is 522 g/mol. The number of hydrogen-bond acceptors (Lipinski definition) is 5. The fourth-order valence-corrected chi connectivity index (χ4v) is 5.61. The molecule has 196 valence electrons. The van der Waals surface area contributed by atoms with Crippen molar-refractivity contribution in [3.63, 3.8) is 0 Å². The van der Waals surface area contributed by atoms with Crippen LogP contribution < -0.4 is 10.6 Å². The van der Waals surface area contributed by atoms with Gasteiger partial charge in [0.1, 0.15) is 17.4 Å². The van der Waals surface area contributed by atoms with E-state index >= 15 is 0 Å². The first-order chi connectivity index (χ1) is 17.2. The number of nitrogens with one attached hydrogen (secondary N) is 2. The average Bonchev–Trinajstić information content (AvgIpc) is 3.23. The molecule has 1 fully saturated rings. The Morgan fingerprint density at radius 2 is 1.97 bits per heavy atom. The quantitative estimate of drug-likeness (QED) is 0.389. The molecule has 1 aliphatic carbocycles. The van der Waals surface area contributed by atoms with Gasteiger partial charge in [0.05, 0.1) is 17.3 Å². The molecule has 2 aromatic rings. The van der Waals surface area contributed by atoms with Crippen LogP contribution >= 0.6 is 11.6 Å². The third-order valence-electron chi connectivity index (χ3n) is 7.58. The summed E-state index contributed by atoms with van der Waals surface area (Å²) < 4.78 is 41.0. The molecule has 36 heavy (non-hydrogen) atoms. The van der Waals surface area contributed by atoms with Crippen molar-refractivity contribution in [2.24, 2.45) is 17.8 Å². The molecule has 1 aliphatic heterocycles. The smallest absolute Gasteiger partial charge is 0.266 e. The number of aromatic nitrogens is 2. The molecule has 2 N–H and O–H groups in total. The van der Waals surface area contributed by atoms with Crippen LogP contribution in [0.5, 0.6) is 0 Å². The Kier molecular flexibility index (Phi) is 8.88. The lowest BCUT2D eigenvalue weighted by Gasteiger charge is -2.23. The van der Waals surface area contributed by atoms with E-state index in [2.05, 4.69) is 27.5 Å². The molecule has 0 bridgehead atoms. The number of halogens is 4. The molecule has 0 amide bonds. The molecule has 2 aliphatic rings. The fraction of sp³-hybridized carbons (Fsp3) is 0.593. The summed E-state index contributed by atoms with van der Waals surface area (Å²) in [4.78, 5) is 21.7. The van der Waals surface area contributed by atoms with E-state index in [1.165, 1.54) is 12.1 Å². The molecule has 1 aromatic heterocycles. The van der Waals surface area contributed by atoms with Gasteiger partial charge in [0.2, 0.25) is 5.28 Å². The highest BCUT2D eigenvalue weighted by molar-refractivity contribution is 6.28. The van der Waals surface area contributed by atoms with E-state index in [-0.39, 0.29) is 22.7 Å². The van der Waals surface area contributed by atoms with E-state index in [9.17, 15) is 18.0 Å². The minimum atomic E-state index is -2.89. The second kappa shape index (κ2) is 11.9. The molecule has 2 heterocycles. The van der Waals surface area contributed by atoms with Gasteiger partial charge >= 0.3 is 0 Å². The van der Waals surface area contributed by atoms with Crippen LogP contribution in [0, 0.1) is 23.6 Å². The average molecular weight is 523 g/mol. The summed E-state index contributed by atoms with van der Waals surface area (Å²) in [7, 11) is 0. The Bertz CT molecular complexity index is 1080. The number of ketones is 1. The van der Waals surface area contributed by atoms with Crippen molar-refractivity contribution < 1.29 is 18.0 Å². The highest BCUT2D eigenvalue weighted by atomic mass is 35.5. The molecule has 1 saturated heterocycles. The zero-order valence-electron chi connectivity index (χ0n) is 20.8. The number of nitrogens with zero attached hydrogens (tertiary/aromatic N) is 2. The summed E-state index contributed by atoms with van der Waals surface area (Å²) in [5.74, 6) is 0.875. The van der Waals surface area contributed by atoms with E-state index < -0.39 is 23.8 Å². The minimum Gasteiger partial charge on any atom is -0.363 e. The van der Waals surface area contributed by atoms with Crippen LogP contribution in [0.1, 0.15) is 80.8 Å². The van der Waals surface area contributed by atoms with Gasteiger partial charge in [0.15, 0.2) is 0 Å². The number of carbonyl (C=O) groups is 1. The molecule has 5 nitrogen and oxygen atoms in total. The first-order valence-electron chi connectivity index (χ1n) is 12.8. The van der Waals surface area contributed by atoms with Crippen LogP contribution in [0.15, 0.2) is 18.2 Å². The third-order valence-corrected chi connectivity index (χ3v) is 7.75. The number of anilines is 1. The molecule has 0 saturated carbocycles. The standard InChI is InChI=1S/C27H34ClF3N4O/c1-15-6-8-18(10-11-32-14-15)23(36)9-7-17-12-21-22(13-17)34-27(28)35-26(21)33-16(2)19-4-3-5-20(24(19)29)25(30)31/h3-5,15-18,25,32H,6-14H2,1-2H3,(H,33,34,35)/t15?,16-,17?,18?/m1/s1. The Morgan fingerprint density at radius 1 is 1.19 bits per heavy atom. The van der Waals surface area contributed by atoms with Crippen molar-refractivity contribution in [2.45, 2.75) is 71.3 Å². The predicted molar refractivity (Wildman–Crippen MR) is 135 cm³/mol. The van der Waals surface area contributed by atoms with Crippen LogP contribution in [0.4, 0.5) is 19.0 Å². The van der Waals surface area contributed by atoms with E-state index in [1.807, 2.05) is 0 Å². The van der Waals surface area contributed by atoms with Gasteiger partial charge in [-0.15, -0.1) is 0 Å². The number of fused-ring (bicyclic) bond motifs is 1. The van der Waals surface area contributed by atoms with E-state index in [1.54, 1.807) is 6.92 Å². The zero-order valence-corrected chi connectivity index (χ0v) is 21.6. The van der Waals surface area contributed by atoms with Crippen LogP contribution in [0.25, 0.3) is 0 Å². The highest BCUT2D eigenvalue weighted by Crippen LogP contribution is 2.36. The summed E-state index contributed by atoms with van der Waals surface area (Å²) in [6.45, 7) is 5.83. The first-order valence-corrected chi connectivity index (χ1v) is 13.2. The predicted octanol–water partition coefficient (Wildman–Crippen LogP) is 6.47. The SMILES string of the molecule is CC1CCC(C(=O)CCC2Cc3nc(Cl)nc(N[C@H](C)c4cccc(C(F)F)c4F)c3C2)CCNC1. The molecule has 4 rings (SSSR count). The van der Waals surface area contributed by atoms with Crippen molar-refractivity contribution >= 4 is 23.2 Å². The first kappa shape index (κ1) is 26.9. The zero-order chi connectivity index (χ0) is 25.8. The van der Waals surface area contributed by atoms with Crippen LogP contribution in [-0.4, -0.2) is 28.8 Å². The fourth-order valence-electron chi connectivity index (χ4n) is 5.42. The minimum absolute atomic E-state index is 0.0816. The second-order valence-electron chi connectivity index (χ2n) is 10.3. The Labute approximate surface area is 215 Å². The summed E-state index contributed by atoms with van der Waals surface area (Å²) in [6.07, 6.45) is 2.75. The molecular weight excluding hydrogens is 489 g/mol. The van der Waals surface area contributed by atoms with E-state index in [0.717, 1.165) is 56.1 Å². The van der Waals surface area contributed by atoms with E-state index in [0.29, 0.717) is 36.8 Å². The molecule has 0 spiro atoms. The maximum absolute atomic E-state index is 14.7. The van der Waals surface area contributed by atoms with Gasteiger partial charge in [-0.3, -0.25) is 4.79 Å². The van der Waals surface area contributed by atoms with Crippen molar-refractivity contribution in [3.05, 3.63) is 51.7 Å². The van der Waals surface area contributed by atoms with Crippen LogP contribution in [0.2, 0.25) is 5.28 Å². The summed E-state index contributed by atoms with van der Waals surface area (Å²) in [5.41, 5.74) is 1.25. The van der Waals surface area contributed by atoms with Gasteiger partial charge in [0, 0.05) is 23.5 Å². The van der Waals surface area contributed by atoms with Crippen molar-refractivity contribution in [1.29, 1.82) is 0 Å². The highest BCUT2D eigenvalue weighted by Gasteiger charge is 2.30. The lowest BCUT2D eigenvalue weighted by molar-refractivity contribution is -0.123. The number of benzene rings is 1. The van der Waals surface area contributed by atoms with E-state index in [4.69, 9.17) is 11.6 Å². The second-order valence-corrected chi connectivity index (χ2v) is 10.7. The topological polar surface area (TPSA) is 66.9 Å². The van der Waals surface area contributed by atoms with Crippen LogP contribution in [0.3, 0.4) is 0 Å². The molecule has 1 aromatic carbocycles. The number of carbonyl (C=O) groups excluding carboxylic acids is 1. The lowest BCUT2D eigenvalue weighted by Crippen LogP contribution is -2.30.